The van der Waals surface area contributed by atoms with Gasteiger partial charge in [-0.15, -0.1) is 0 Å². The molecule has 0 aliphatic carbocycles. The second kappa shape index (κ2) is 12.8. The van der Waals surface area contributed by atoms with Gasteiger partial charge in [0.2, 0.25) is 0 Å². The number of alkyl halides is 1. The fourth-order valence-electron chi connectivity index (χ4n) is 0.445. The van der Waals surface area contributed by atoms with E-state index in [1.165, 1.54) is 7.11 Å². The quantitative estimate of drug-likeness (QED) is 0.537. The van der Waals surface area contributed by atoms with Crippen LogP contribution in [-0.4, -0.2) is 38.9 Å². The van der Waals surface area contributed by atoms with Gasteiger partial charge in [0.25, 0.3) is 0 Å². The minimum absolute atomic E-state index is 0.164. The predicted molar refractivity (Wildman–Crippen MR) is 48.0 cm³/mol. The average molecular weight is 177 g/mol. The number of methoxy groups -OCH3 is 1. The SMILES string of the molecule is COCC(F)CCN.N=CC=N. The van der Waals surface area contributed by atoms with Crippen molar-refractivity contribution in [2.75, 3.05) is 20.3 Å². The highest BCUT2D eigenvalue weighted by Crippen LogP contribution is 1.94. The number of ether oxygens (including phenoxy) is 1. The predicted octanol–water partition coefficient (Wildman–Crippen LogP) is 0.605. The first kappa shape index (κ1) is 13.8. The van der Waals surface area contributed by atoms with Crippen LogP contribution in [0.3, 0.4) is 0 Å². The minimum Gasteiger partial charge on any atom is -0.382 e. The molecule has 0 fully saturated rings. The van der Waals surface area contributed by atoms with Gasteiger partial charge in [-0.25, -0.2) is 4.39 Å². The van der Waals surface area contributed by atoms with E-state index in [0.717, 1.165) is 12.4 Å². The summed E-state index contributed by atoms with van der Waals surface area (Å²) in [6.45, 7) is 0.557. The maximum Gasteiger partial charge on any atom is 0.125 e. The third-order valence-corrected chi connectivity index (χ3v) is 0.911. The van der Waals surface area contributed by atoms with Crippen molar-refractivity contribution in [3.63, 3.8) is 0 Å². The largest absolute Gasteiger partial charge is 0.382 e. The average Bonchev–Trinajstić information content (AvgIpc) is 2.06. The number of halogens is 1. The van der Waals surface area contributed by atoms with E-state index < -0.39 is 6.17 Å². The van der Waals surface area contributed by atoms with Crippen LogP contribution < -0.4 is 5.73 Å². The van der Waals surface area contributed by atoms with Crippen molar-refractivity contribution in [1.29, 1.82) is 10.8 Å². The van der Waals surface area contributed by atoms with E-state index in [9.17, 15) is 4.39 Å². The van der Waals surface area contributed by atoms with Crippen molar-refractivity contribution in [2.45, 2.75) is 12.6 Å². The summed E-state index contributed by atoms with van der Waals surface area (Å²) in [5.41, 5.74) is 5.06. The normalized spacial score (nSPS) is 10.9. The summed E-state index contributed by atoms with van der Waals surface area (Å²) < 4.78 is 16.7. The molecule has 0 aromatic carbocycles. The molecule has 0 amide bonds. The highest BCUT2D eigenvalue weighted by atomic mass is 19.1. The van der Waals surface area contributed by atoms with Gasteiger partial charge in [0.05, 0.1) is 6.61 Å². The Balaban J connectivity index is 0. The molecule has 1 unspecified atom stereocenters. The van der Waals surface area contributed by atoms with Gasteiger partial charge in [-0.05, 0) is 13.0 Å². The number of nitrogens with two attached hydrogens (primary N) is 1. The van der Waals surface area contributed by atoms with Crippen molar-refractivity contribution >= 4 is 12.4 Å². The molecule has 0 heterocycles. The van der Waals surface area contributed by atoms with E-state index in [1.807, 2.05) is 0 Å². The number of hydrogen-bond donors (Lipinski definition) is 3. The molecule has 0 aromatic rings. The van der Waals surface area contributed by atoms with E-state index in [1.54, 1.807) is 0 Å². The first-order valence-electron chi connectivity index (χ1n) is 3.55. The van der Waals surface area contributed by atoms with Crippen LogP contribution in [0.2, 0.25) is 0 Å². The molecule has 4 N–H and O–H groups in total. The first-order chi connectivity index (χ1) is 5.72. The zero-order chi connectivity index (χ0) is 9.82. The Morgan fingerprint density at radius 2 is 2.00 bits per heavy atom. The minimum atomic E-state index is -0.884. The van der Waals surface area contributed by atoms with Gasteiger partial charge >= 0.3 is 0 Å². The monoisotopic (exact) mass is 177 g/mol. The zero-order valence-electron chi connectivity index (χ0n) is 7.22. The molecular formula is C7H16FN3O. The third kappa shape index (κ3) is 16.1. The molecule has 72 valence electrons. The Hall–Kier alpha value is -0.810. The zero-order valence-corrected chi connectivity index (χ0v) is 7.22. The van der Waals surface area contributed by atoms with Crippen molar-refractivity contribution in [3.8, 4) is 0 Å². The van der Waals surface area contributed by atoms with Crippen molar-refractivity contribution in [2.24, 2.45) is 5.73 Å². The van der Waals surface area contributed by atoms with Gasteiger partial charge < -0.3 is 21.3 Å². The van der Waals surface area contributed by atoms with Gasteiger partial charge in [-0.2, -0.15) is 0 Å². The Labute approximate surface area is 71.9 Å². The van der Waals surface area contributed by atoms with Crippen LogP contribution in [0.15, 0.2) is 0 Å². The van der Waals surface area contributed by atoms with Crippen molar-refractivity contribution < 1.29 is 9.13 Å². The van der Waals surface area contributed by atoms with E-state index in [4.69, 9.17) is 16.6 Å². The Morgan fingerprint density at radius 1 is 1.50 bits per heavy atom. The second-order valence-corrected chi connectivity index (χ2v) is 1.96. The number of nitrogens with one attached hydrogen (secondary N) is 2. The Bertz CT molecular complexity index is 98.8. The van der Waals surface area contributed by atoms with Crippen LogP contribution in [0.1, 0.15) is 6.42 Å². The molecule has 4 nitrogen and oxygen atoms in total. The fourth-order valence-corrected chi connectivity index (χ4v) is 0.445. The third-order valence-electron chi connectivity index (χ3n) is 0.911. The van der Waals surface area contributed by atoms with Crippen molar-refractivity contribution in [1.82, 2.24) is 0 Å². The summed E-state index contributed by atoms with van der Waals surface area (Å²) in [7, 11) is 1.48. The van der Waals surface area contributed by atoms with Gasteiger partial charge in [0.1, 0.15) is 6.17 Å². The van der Waals surface area contributed by atoms with Gasteiger partial charge in [-0.1, -0.05) is 0 Å². The van der Waals surface area contributed by atoms with Crippen LogP contribution in [0.25, 0.3) is 0 Å². The summed E-state index contributed by atoms with van der Waals surface area (Å²) in [5, 5.41) is 12.2. The first-order valence-corrected chi connectivity index (χ1v) is 3.55. The van der Waals surface area contributed by atoms with Gasteiger partial charge in [-0.3, -0.25) is 0 Å². The summed E-state index contributed by atoms with van der Waals surface area (Å²) in [6.07, 6.45) is 1.35. The van der Waals surface area contributed by atoms with E-state index >= 15 is 0 Å². The van der Waals surface area contributed by atoms with Crippen LogP contribution in [0.5, 0.6) is 0 Å². The Morgan fingerprint density at radius 3 is 2.25 bits per heavy atom. The highest BCUT2D eigenvalue weighted by molar-refractivity contribution is 6.12. The molecular weight excluding hydrogens is 161 g/mol. The topological polar surface area (TPSA) is 83.0 Å². The summed E-state index contributed by atoms with van der Waals surface area (Å²) in [6, 6.07) is 0. The summed E-state index contributed by atoms with van der Waals surface area (Å²) in [4.78, 5) is 0. The van der Waals surface area contributed by atoms with Crippen LogP contribution in [0, 0.1) is 10.8 Å². The van der Waals surface area contributed by atoms with Gasteiger partial charge in [0.15, 0.2) is 0 Å². The molecule has 0 bridgehead atoms. The lowest BCUT2D eigenvalue weighted by Crippen LogP contribution is -2.13. The number of hydrogen-bond acceptors (Lipinski definition) is 4. The van der Waals surface area contributed by atoms with Crippen LogP contribution in [-0.2, 0) is 4.74 Å². The molecule has 0 spiro atoms. The molecule has 5 heteroatoms. The molecule has 0 aliphatic heterocycles. The molecule has 0 aromatic heterocycles. The molecule has 0 saturated heterocycles. The number of rotatable bonds is 5. The lowest BCUT2D eigenvalue weighted by Gasteiger charge is -2.02. The second-order valence-electron chi connectivity index (χ2n) is 1.96. The Kier molecular flexibility index (Phi) is 14.7. The van der Waals surface area contributed by atoms with E-state index in [2.05, 4.69) is 4.74 Å². The smallest absolute Gasteiger partial charge is 0.125 e. The molecule has 1 atom stereocenters. The highest BCUT2D eigenvalue weighted by Gasteiger charge is 2.01. The van der Waals surface area contributed by atoms with E-state index in [-0.39, 0.29) is 6.61 Å². The molecule has 0 rings (SSSR count). The summed E-state index contributed by atoms with van der Waals surface area (Å²) in [5.74, 6) is 0. The van der Waals surface area contributed by atoms with Crippen LogP contribution >= 0.6 is 0 Å². The van der Waals surface area contributed by atoms with Crippen LogP contribution in [0.4, 0.5) is 4.39 Å². The lowest BCUT2D eigenvalue weighted by atomic mass is 10.3. The maximum absolute atomic E-state index is 12.2. The fraction of sp³-hybridized carbons (Fsp3) is 0.714. The van der Waals surface area contributed by atoms with E-state index in [0.29, 0.717) is 13.0 Å². The van der Waals surface area contributed by atoms with Crippen molar-refractivity contribution in [3.05, 3.63) is 0 Å². The van der Waals surface area contributed by atoms with Gasteiger partial charge in [0, 0.05) is 19.5 Å². The molecule has 12 heavy (non-hydrogen) atoms. The lowest BCUT2D eigenvalue weighted by molar-refractivity contribution is 0.120. The maximum atomic E-state index is 12.2. The molecule has 0 radical (unpaired) electrons. The molecule has 0 aliphatic rings. The summed E-state index contributed by atoms with van der Waals surface area (Å²) >= 11 is 0. The standard InChI is InChI=1S/C5H12FNO.C2H4N2/c1-8-4-5(6)2-3-7;3-1-2-4/h5H,2-4,7H2,1H3;1-4H. The molecule has 0 saturated carbocycles.